The summed E-state index contributed by atoms with van der Waals surface area (Å²) in [6.45, 7) is 17.2. The van der Waals surface area contributed by atoms with E-state index < -0.39 is 88.3 Å². The molecule has 0 aliphatic carbocycles. The molecular weight excluding hydrogens is 1240 g/mol. The Balaban J connectivity index is -0.000000150. The normalized spacial score (nSPS) is 16.4. The van der Waals surface area contributed by atoms with Crippen LogP contribution in [0.1, 0.15) is 25.0 Å². The van der Waals surface area contributed by atoms with Gasteiger partial charge in [0, 0.05) is 114 Å². The molecule has 21 nitrogen and oxygen atoms in total. The number of nitrogens with zero attached hydrogens (tertiary/aromatic N) is 8. The number of benzene rings is 2. The Hall–Kier alpha value is -3.02. The van der Waals surface area contributed by atoms with Crippen molar-refractivity contribution in [3.63, 3.8) is 0 Å². The quantitative estimate of drug-likeness (QED) is 0.108. The van der Waals surface area contributed by atoms with Gasteiger partial charge in [0.25, 0.3) is 0 Å². The van der Waals surface area contributed by atoms with Crippen LogP contribution in [0.2, 0.25) is 0 Å². The molecule has 39 heteroatoms. The van der Waals surface area contributed by atoms with E-state index in [1.165, 1.54) is 92.4 Å². The summed E-state index contributed by atoms with van der Waals surface area (Å²) in [4.78, 5) is 13.7. The molecule has 4 N–H and O–H groups in total. The summed E-state index contributed by atoms with van der Waals surface area (Å²) in [6.07, 6.45) is -9.03. The van der Waals surface area contributed by atoms with Crippen LogP contribution in [0.3, 0.4) is 0 Å². The average Bonchev–Trinajstić information content (AvgIpc) is 3.35. The summed E-state index contributed by atoms with van der Waals surface area (Å²) in [5.74, 6) is 0. The molecular formula is C38H58F12Fe2N10O11S4+6. The summed E-state index contributed by atoms with van der Waals surface area (Å²) in [5.41, 5.74) is -3.79. The summed E-state index contributed by atoms with van der Waals surface area (Å²) < 4.78 is 232. The second-order valence-electron chi connectivity index (χ2n) is 15.0. The Bertz CT molecular complexity index is 2080. The molecule has 4 rings (SSSR count). The Labute approximate surface area is 466 Å². The molecule has 0 bridgehead atoms. The van der Waals surface area contributed by atoms with E-state index in [9.17, 15) is 70.2 Å². The van der Waals surface area contributed by atoms with E-state index in [4.69, 9.17) is 47.9 Å². The first-order valence-electron chi connectivity index (χ1n) is 20.2. The van der Waals surface area contributed by atoms with Gasteiger partial charge in [-0.2, -0.15) is 63.2 Å². The van der Waals surface area contributed by atoms with Crippen LogP contribution in [0.4, 0.5) is 64.1 Å². The van der Waals surface area contributed by atoms with Crippen molar-refractivity contribution >= 4 is 53.8 Å². The van der Waals surface area contributed by atoms with Gasteiger partial charge >= 0.3 is 57.5 Å². The second-order valence-corrected chi connectivity index (χ2v) is 19.6. The second kappa shape index (κ2) is 41.9. The van der Waals surface area contributed by atoms with Crippen molar-refractivity contribution in [2.45, 2.75) is 47.0 Å². The Kier molecular flexibility index (Phi) is 47.8. The van der Waals surface area contributed by atoms with Crippen molar-refractivity contribution in [1.29, 1.82) is 10.5 Å². The van der Waals surface area contributed by atoms with E-state index in [1.807, 2.05) is 0 Å². The zero-order chi connectivity index (χ0) is 59.2. The first-order valence-corrected chi connectivity index (χ1v) is 25.2. The maximum Gasteiger partial charge on any atom is 6.00 e. The van der Waals surface area contributed by atoms with Crippen molar-refractivity contribution in [1.82, 2.24) is 29.4 Å². The van der Waals surface area contributed by atoms with Crippen LogP contribution in [-0.4, -0.2) is 205 Å². The van der Waals surface area contributed by atoms with Gasteiger partial charge in [-0.25, -0.2) is 16.8 Å². The molecule has 2 saturated heterocycles. The topological polar surface area (TPSA) is 342 Å². The number of rotatable bonds is 2. The molecule has 2 unspecified atom stereocenters. The van der Waals surface area contributed by atoms with Gasteiger partial charge in [-0.05, 0) is 101 Å². The molecule has 0 aromatic heterocycles. The largest absolute Gasteiger partial charge is 6.00 e. The number of nitrogen functional groups attached to an aromatic ring is 2. The first-order chi connectivity index (χ1) is 33.3. The average molecular weight is 1300 g/mol. The van der Waals surface area contributed by atoms with Crippen LogP contribution < -0.4 is 11.5 Å². The van der Waals surface area contributed by atoms with Crippen molar-refractivity contribution in [3.05, 3.63) is 47.5 Å². The molecule has 2 atom stereocenters. The van der Waals surface area contributed by atoms with E-state index >= 15 is 0 Å². The van der Waals surface area contributed by atoms with Crippen LogP contribution in [0.15, 0.2) is 46.2 Å². The van der Waals surface area contributed by atoms with Crippen LogP contribution in [0.25, 0.3) is 0 Å². The van der Waals surface area contributed by atoms with Gasteiger partial charge in [-0.15, -0.1) is 0 Å². The molecule has 0 spiro atoms. The smallest absolute Gasteiger partial charge is 2.00 e. The third kappa shape index (κ3) is 44.4. The third-order valence-electron chi connectivity index (χ3n) is 8.78. The van der Waals surface area contributed by atoms with E-state index in [0.29, 0.717) is 24.3 Å². The van der Waals surface area contributed by atoms with Crippen LogP contribution in [-0.2, 0) is 94.4 Å². The maximum atomic E-state index is 12.1. The Morgan fingerprint density at radius 1 is 0.481 bits per heavy atom. The molecule has 2 aromatic rings. The third-order valence-corrected chi connectivity index (χ3v) is 11.4. The molecule has 0 saturated carbocycles. The fraction of sp³-hybridized carbons (Fsp3) is 0.632. The number of likely N-dealkylation sites (N-methyl/N-ethyl adjacent to an activating group) is 6. The molecule has 2 fully saturated rings. The van der Waals surface area contributed by atoms with Gasteiger partial charge in [0.1, 0.15) is 0 Å². The van der Waals surface area contributed by atoms with Crippen molar-refractivity contribution in [2.75, 3.05) is 132 Å². The molecule has 0 amide bonds. The summed E-state index contributed by atoms with van der Waals surface area (Å²) in [5, 5.41) is 14.6. The summed E-state index contributed by atoms with van der Waals surface area (Å²) >= 11 is -5.24. The van der Waals surface area contributed by atoms with E-state index in [1.54, 1.807) is 12.1 Å². The number of halogens is 12. The molecule has 2 aromatic carbocycles. The predicted octanol–water partition coefficient (Wildman–Crippen LogP) is 3.68. The van der Waals surface area contributed by atoms with Crippen molar-refractivity contribution in [3.8, 4) is 12.1 Å². The number of nitriles is 2. The standard InChI is InChI=1S/2C9H21N3.2C7H6F3NO2S.2C2H3N.2CHF3O3S.2Fe.O/c2*1-10-4-6-11(2)8-9-12(3)7-5-10;2*8-7(9,10)4-1-2-6(14(12)13)5(11)3-4;2*1-2-3;2*2-1(3,4)8(5,6)7;;;/h2*4-9H2,1-3H3;2*1-3H,11H2,(H,12,13);2*1H3;2*(H,5,6,7);;;/q;;;;;;;;2*+6;-2/p-4. The molecule has 444 valence electrons. The van der Waals surface area contributed by atoms with Crippen LogP contribution >= 0.6 is 0 Å². The minimum Gasteiger partial charge on any atom is -2.00 e. The number of hydrogen-bond acceptors (Lipinski definition) is 20. The van der Waals surface area contributed by atoms with E-state index in [0.717, 1.165) is 12.1 Å². The van der Waals surface area contributed by atoms with Gasteiger partial charge in [0.05, 0.1) is 23.3 Å². The SMILES string of the molecule is CC#N.CC#N.CN1CCN(C)CCN(C)CC1.CN1CCN(C)CCN(C)CC1.Nc1cc(C(F)(F)F)ccc1S(=O)[O-].Nc1cc(C(F)(F)F)ccc1S(=O)[O-].O=S(=O)([O-])C(F)(F)F.O=S(=O)([O-])C(F)(F)F.[Fe+6].[Fe+6].[O-2]. The molecule has 2 heterocycles. The van der Waals surface area contributed by atoms with Gasteiger partial charge in [-0.3, -0.25) is 8.42 Å². The summed E-state index contributed by atoms with van der Waals surface area (Å²) in [7, 11) is 1.03. The molecule has 0 radical (unpaired) electrons. The van der Waals surface area contributed by atoms with Crippen molar-refractivity contribution < 1.29 is 136 Å². The fourth-order valence-electron chi connectivity index (χ4n) is 4.47. The number of anilines is 2. The Morgan fingerprint density at radius 3 is 0.714 bits per heavy atom. The Morgan fingerprint density at radius 2 is 0.623 bits per heavy atom. The zero-order valence-corrected chi connectivity index (χ0v) is 47.5. The van der Waals surface area contributed by atoms with Crippen molar-refractivity contribution in [2.24, 2.45) is 0 Å². The van der Waals surface area contributed by atoms with E-state index in [-0.39, 0.29) is 49.4 Å². The predicted molar refractivity (Wildman–Crippen MR) is 246 cm³/mol. The van der Waals surface area contributed by atoms with Gasteiger partial charge in [0.2, 0.25) is 0 Å². The van der Waals surface area contributed by atoms with Gasteiger partial charge in [-0.1, -0.05) is 0 Å². The van der Waals surface area contributed by atoms with Crippen LogP contribution in [0, 0.1) is 22.7 Å². The van der Waals surface area contributed by atoms with Crippen LogP contribution in [0.5, 0.6) is 0 Å². The minimum atomic E-state index is -6.09. The maximum absolute atomic E-state index is 12.1. The molecule has 2 aliphatic heterocycles. The molecule has 2 aliphatic rings. The minimum absolute atomic E-state index is 0. The zero-order valence-electron chi connectivity index (χ0n) is 42.0. The first kappa shape index (κ1) is 87.8. The molecule has 77 heavy (non-hydrogen) atoms. The van der Waals surface area contributed by atoms with E-state index in [2.05, 4.69) is 71.7 Å². The van der Waals surface area contributed by atoms with Gasteiger partial charge in [0.15, 0.2) is 20.2 Å². The number of nitrogens with two attached hydrogens (primary N) is 2. The number of alkyl halides is 12. The number of hydrogen-bond donors (Lipinski definition) is 2. The summed E-state index contributed by atoms with van der Waals surface area (Å²) in [6, 6.07) is 7.65. The fourth-order valence-corrected chi connectivity index (χ4v) is 5.33. The monoisotopic (exact) mass is 1300 g/mol. The van der Waals surface area contributed by atoms with Gasteiger partial charge < -0.3 is 64.6 Å².